The van der Waals surface area contributed by atoms with E-state index in [2.05, 4.69) is 66.2 Å². The Morgan fingerprint density at radius 2 is 1.32 bits per heavy atom. The van der Waals surface area contributed by atoms with Gasteiger partial charge in [0.15, 0.2) is 0 Å². The molecule has 0 aliphatic rings. The van der Waals surface area contributed by atoms with Crippen LogP contribution in [0.1, 0.15) is 0 Å². The Balaban J connectivity index is 1.76. The lowest BCUT2D eigenvalue weighted by Crippen LogP contribution is -1.86. The molecule has 4 aromatic carbocycles. The third-order valence-electron chi connectivity index (χ3n) is 6.00. The first-order chi connectivity index (χ1) is 13.8. The molecule has 7 rings (SSSR count). The Labute approximate surface area is 159 Å². The number of rotatable bonds is 0. The second kappa shape index (κ2) is 4.76. The Morgan fingerprint density at radius 3 is 2.25 bits per heavy atom. The molecule has 0 saturated heterocycles. The normalized spacial score (nSPS) is 12.5. The number of hydrogen-bond acceptors (Lipinski definition) is 2. The van der Waals surface area contributed by atoms with Crippen LogP contribution in [0.25, 0.3) is 65.7 Å². The number of para-hydroxylation sites is 2. The molecule has 0 bridgehead atoms. The SMILES string of the molecule is Cn1c2ccccc2c2ccc3oc4cc5oc6ccccc6c5cc4c3c21. The minimum Gasteiger partial charge on any atom is -0.456 e. The Morgan fingerprint density at radius 1 is 0.571 bits per heavy atom. The van der Waals surface area contributed by atoms with Crippen LogP contribution in [0.15, 0.2) is 81.6 Å². The largest absolute Gasteiger partial charge is 0.456 e. The average molecular weight is 361 g/mol. The standard InChI is InChI=1S/C25H15NO2/c1-26-19-8-4-2-6-14(19)16-10-11-21-24(25(16)26)18-12-17-15-7-3-5-9-20(15)27-22(17)13-23(18)28-21/h2-13H,1H3. The molecule has 0 amide bonds. The number of hydrogen-bond donors (Lipinski definition) is 0. The second-order valence-electron chi connectivity index (χ2n) is 7.46. The van der Waals surface area contributed by atoms with Gasteiger partial charge in [0.2, 0.25) is 0 Å². The molecule has 3 heteroatoms. The lowest BCUT2D eigenvalue weighted by Gasteiger charge is -2.00. The Kier molecular flexibility index (Phi) is 2.44. The smallest absolute Gasteiger partial charge is 0.139 e. The van der Waals surface area contributed by atoms with Gasteiger partial charge < -0.3 is 13.4 Å². The van der Waals surface area contributed by atoms with E-state index < -0.39 is 0 Å². The summed E-state index contributed by atoms with van der Waals surface area (Å²) in [5.41, 5.74) is 5.98. The number of benzene rings is 4. The summed E-state index contributed by atoms with van der Waals surface area (Å²) in [5, 5.41) is 7.08. The predicted molar refractivity (Wildman–Crippen MR) is 115 cm³/mol. The van der Waals surface area contributed by atoms with Gasteiger partial charge in [-0.2, -0.15) is 0 Å². The van der Waals surface area contributed by atoms with Gasteiger partial charge in [0.05, 0.1) is 10.9 Å². The van der Waals surface area contributed by atoms with Gasteiger partial charge in [-0.25, -0.2) is 0 Å². The molecule has 0 N–H and O–H groups in total. The number of aryl methyl sites for hydroxylation is 1. The first-order valence-corrected chi connectivity index (χ1v) is 9.43. The number of fused-ring (bicyclic) bond motifs is 10. The molecule has 7 aromatic rings. The number of furan rings is 2. The van der Waals surface area contributed by atoms with Crippen molar-refractivity contribution in [1.29, 1.82) is 0 Å². The molecule has 0 fully saturated rings. The summed E-state index contributed by atoms with van der Waals surface area (Å²) in [4.78, 5) is 0. The third-order valence-corrected chi connectivity index (χ3v) is 6.00. The zero-order valence-corrected chi connectivity index (χ0v) is 15.2. The molecule has 3 nitrogen and oxygen atoms in total. The van der Waals surface area contributed by atoms with Crippen molar-refractivity contribution < 1.29 is 8.83 Å². The van der Waals surface area contributed by atoms with Crippen molar-refractivity contribution in [2.45, 2.75) is 0 Å². The van der Waals surface area contributed by atoms with Crippen molar-refractivity contribution in [2.75, 3.05) is 0 Å². The summed E-state index contributed by atoms with van der Waals surface area (Å²) in [5.74, 6) is 0. The Hall–Kier alpha value is -3.72. The van der Waals surface area contributed by atoms with Gasteiger partial charge in [-0.1, -0.05) is 36.4 Å². The fraction of sp³-hybridized carbons (Fsp3) is 0.0400. The van der Waals surface area contributed by atoms with Crippen LogP contribution in [0.3, 0.4) is 0 Å². The highest BCUT2D eigenvalue weighted by molar-refractivity contribution is 6.25. The lowest BCUT2D eigenvalue weighted by molar-refractivity contribution is 0.656. The molecule has 3 aromatic heterocycles. The van der Waals surface area contributed by atoms with E-state index >= 15 is 0 Å². The van der Waals surface area contributed by atoms with Crippen molar-refractivity contribution in [2.24, 2.45) is 7.05 Å². The van der Waals surface area contributed by atoms with E-state index in [1.54, 1.807) is 0 Å². The van der Waals surface area contributed by atoms with E-state index in [-0.39, 0.29) is 0 Å². The van der Waals surface area contributed by atoms with Crippen LogP contribution in [0, 0.1) is 0 Å². The van der Waals surface area contributed by atoms with E-state index in [0.29, 0.717) is 0 Å². The van der Waals surface area contributed by atoms with Gasteiger partial charge in [0.1, 0.15) is 22.3 Å². The predicted octanol–water partition coefficient (Wildman–Crippen LogP) is 7.13. The monoisotopic (exact) mass is 361 g/mol. The van der Waals surface area contributed by atoms with Gasteiger partial charge in [0, 0.05) is 45.6 Å². The molecule has 0 aliphatic carbocycles. The van der Waals surface area contributed by atoms with E-state index in [0.717, 1.165) is 38.5 Å². The van der Waals surface area contributed by atoms with Crippen LogP contribution in [0.5, 0.6) is 0 Å². The minimum absolute atomic E-state index is 0.860. The summed E-state index contributed by atoms with van der Waals surface area (Å²) in [7, 11) is 2.13. The van der Waals surface area contributed by atoms with Gasteiger partial charge in [-0.15, -0.1) is 0 Å². The van der Waals surface area contributed by atoms with E-state index in [9.17, 15) is 0 Å². The quantitative estimate of drug-likeness (QED) is 0.288. The van der Waals surface area contributed by atoms with Gasteiger partial charge >= 0.3 is 0 Å². The molecular weight excluding hydrogens is 346 g/mol. The van der Waals surface area contributed by atoms with E-state index in [1.165, 1.54) is 27.2 Å². The molecule has 3 heterocycles. The van der Waals surface area contributed by atoms with Crippen LogP contribution in [0.2, 0.25) is 0 Å². The zero-order chi connectivity index (χ0) is 18.4. The van der Waals surface area contributed by atoms with E-state index in [1.807, 2.05) is 18.2 Å². The average Bonchev–Trinajstić information content (AvgIpc) is 3.36. The van der Waals surface area contributed by atoms with Crippen LogP contribution in [-0.4, -0.2) is 4.57 Å². The first-order valence-electron chi connectivity index (χ1n) is 9.43. The molecule has 28 heavy (non-hydrogen) atoms. The van der Waals surface area contributed by atoms with Crippen molar-refractivity contribution in [3.8, 4) is 0 Å². The molecule has 0 spiro atoms. The lowest BCUT2D eigenvalue weighted by atomic mass is 10.1. The molecule has 0 saturated carbocycles. The van der Waals surface area contributed by atoms with Crippen LogP contribution < -0.4 is 0 Å². The van der Waals surface area contributed by atoms with Crippen molar-refractivity contribution in [1.82, 2.24) is 4.57 Å². The van der Waals surface area contributed by atoms with Crippen LogP contribution >= 0.6 is 0 Å². The molecule has 0 radical (unpaired) electrons. The maximum Gasteiger partial charge on any atom is 0.139 e. The van der Waals surface area contributed by atoms with Crippen molar-refractivity contribution >= 4 is 65.7 Å². The number of aromatic nitrogens is 1. The summed E-state index contributed by atoms with van der Waals surface area (Å²) < 4.78 is 14.6. The fourth-order valence-corrected chi connectivity index (χ4v) is 4.75. The third kappa shape index (κ3) is 1.61. The topological polar surface area (TPSA) is 31.2 Å². The van der Waals surface area contributed by atoms with Gasteiger partial charge in [0.25, 0.3) is 0 Å². The maximum atomic E-state index is 6.24. The summed E-state index contributed by atoms with van der Waals surface area (Å²) in [6.07, 6.45) is 0. The molecule has 0 aliphatic heterocycles. The van der Waals surface area contributed by atoms with Crippen molar-refractivity contribution in [3.05, 3.63) is 72.8 Å². The molecule has 0 atom stereocenters. The maximum absolute atomic E-state index is 6.24. The van der Waals surface area contributed by atoms with Gasteiger partial charge in [-0.3, -0.25) is 0 Å². The second-order valence-corrected chi connectivity index (χ2v) is 7.46. The first kappa shape index (κ1) is 14.4. The van der Waals surface area contributed by atoms with Gasteiger partial charge in [-0.05, 0) is 30.3 Å². The summed E-state index contributed by atoms with van der Waals surface area (Å²) in [6.45, 7) is 0. The molecule has 132 valence electrons. The van der Waals surface area contributed by atoms with Crippen molar-refractivity contribution in [3.63, 3.8) is 0 Å². The van der Waals surface area contributed by atoms with Crippen LogP contribution in [0.4, 0.5) is 0 Å². The highest BCUT2D eigenvalue weighted by Crippen LogP contribution is 2.41. The molecule has 0 unspecified atom stereocenters. The molecular formula is C25H15NO2. The Bertz CT molecular complexity index is 1730. The fourth-order valence-electron chi connectivity index (χ4n) is 4.75. The minimum atomic E-state index is 0.860. The number of nitrogens with zero attached hydrogens (tertiary/aromatic N) is 1. The zero-order valence-electron chi connectivity index (χ0n) is 15.2. The summed E-state index contributed by atoms with van der Waals surface area (Å²) >= 11 is 0. The van der Waals surface area contributed by atoms with Crippen LogP contribution in [-0.2, 0) is 7.05 Å². The summed E-state index contributed by atoms with van der Waals surface area (Å²) in [6, 6.07) is 25.2. The van der Waals surface area contributed by atoms with E-state index in [4.69, 9.17) is 8.83 Å². The highest BCUT2D eigenvalue weighted by atomic mass is 16.3. The highest BCUT2D eigenvalue weighted by Gasteiger charge is 2.18.